The number of aromatic nitrogens is 2. The number of hydrogen-bond donors (Lipinski definition) is 2. The summed E-state index contributed by atoms with van der Waals surface area (Å²) in [4.78, 5) is 26.3. The third-order valence-corrected chi connectivity index (χ3v) is 6.70. The smallest absolute Gasteiger partial charge is 0.419 e. The van der Waals surface area contributed by atoms with Crippen LogP contribution in [0.4, 0.5) is 13.2 Å². The van der Waals surface area contributed by atoms with Crippen molar-refractivity contribution in [1.82, 2.24) is 19.8 Å². The van der Waals surface area contributed by atoms with Crippen molar-refractivity contribution in [2.45, 2.75) is 32.0 Å². The minimum atomic E-state index is -4.83. The molecule has 1 unspecified atom stereocenters. The highest BCUT2D eigenvalue weighted by atomic mass is 19.4. The summed E-state index contributed by atoms with van der Waals surface area (Å²) in [6, 6.07) is 6.62. The molecule has 194 valence electrons. The number of nitrogens with zero attached hydrogens (tertiary/aromatic N) is 3. The van der Waals surface area contributed by atoms with Gasteiger partial charge in [-0.1, -0.05) is 0 Å². The molecule has 0 bridgehead atoms. The molecule has 12 heteroatoms. The molecule has 1 aromatic carbocycles. The Kier molecular flexibility index (Phi) is 5.66. The highest BCUT2D eigenvalue weighted by molar-refractivity contribution is 6.07. The molecule has 1 fully saturated rings. The number of ether oxygens (including phenoxy) is 1. The Morgan fingerprint density at radius 1 is 1.24 bits per heavy atom. The summed E-state index contributed by atoms with van der Waals surface area (Å²) in [5, 5.41) is 17.4. The quantitative estimate of drug-likeness (QED) is 0.425. The molecular formula is C25H23F3N4O5. The Balaban J connectivity index is 1.46. The molecule has 1 aliphatic rings. The standard InChI is InChI=1S/C25H23F3N4O5/c1-13-17(23(34)31-9-7-24(35,12-31)25(26,27)28)11-32-21(13)18(6-8-30-32)37-15-4-5-16-19(10-15)36-14(2)20(16)22(33)29-3/h4-6,8,10-11,35H,7,9,12H2,1-3H3,(H,29,33). The number of likely N-dealkylation sites (tertiary alicyclic amines) is 1. The first-order chi connectivity index (χ1) is 17.4. The molecule has 0 radical (unpaired) electrons. The number of carbonyl (C=O) groups excluding carboxylic acids is 2. The topological polar surface area (TPSA) is 109 Å². The van der Waals surface area contributed by atoms with Crippen LogP contribution in [0, 0.1) is 13.8 Å². The fourth-order valence-electron chi connectivity index (χ4n) is 4.69. The molecule has 3 aromatic heterocycles. The van der Waals surface area contributed by atoms with E-state index in [-0.39, 0.29) is 18.0 Å². The molecule has 1 saturated heterocycles. The lowest BCUT2D eigenvalue weighted by molar-refractivity contribution is -0.253. The molecule has 1 atom stereocenters. The van der Waals surface area contributed by atoms with Gasteiger partial charge in [-0.3, -0.25) is 9.59 Å². The van der Waals surface area contributed by atoms with Crippen LogP contribution in [0.25, 0.3) is 16.5 Å². The molecular weight excluding hydrogens is 493 g/mol. The van der Waals surface area contributed by atoms with Crippen LogP contribution in [0.2, 0.25) is 0 Å². The lowest BCUT2D eigenvalue weighted by Crippen LogP contribution is -2.48. The van der Waals surface area contributed by atoms with Gasteiger partial charge in [0.15, 0.2) is 11.4 Å². The second-order valence-electron chi connectivity index (χ2n) is 9.03. The first-order valence-corrected chi connectivity index (χ1v) is 11.4. The van der Waals surface area contributed by atoms with Crippen molar-refractivity contribution in [3.63, 3.8) is 0 Å². The van der Waals surface area contributed by atoms with E-state index in [9.17, 15) is 27.9 Å². The number of aryl methyl sites for hydroxylation is 2. The van der Waals surface area contributed by atoms with E-state index in [2.05, 4.69) is 10.4 Å². The molecule has 37 heavy (non-hydrogen) atoms. The first-order valence-electron chi connectivity index (χ1n) is 11.4. The van der Waals surface area contributed by atoms with E-state index in [1.54, 1.807) is 38.1 Å². The van der Waals surface area contributed by atoms with Crippen LogP contribution in [0.1, 0.15) is 38.5 Å². The van der Waals surface area contributed by atoms with Gasteiger partial charge in [0.1, 0.15) is 22.6 Å². The van der Waals surface area contributed by atoms with Gasteiger partial charge in [-0.25, -0.2) is 4.52 Å². The van der Waals surface area contributed by atoms with Gasteiger partial charge in [0.05, 0.1) is 23.9 Å². The average Bonchev–Trinajstić information content (AvgIpc) is 3.51. The van der Waals surface area contributed by atoms with Crippen LogP contribution >= 0.6 is 0 Å². The predicted octanol–water partition coefficient (Wildman–Crippen LogP) is 3.99. The molecule has 5 rings (SSSR count). The normalized spacial score (nSPS) is 18.1. The number of β-amino-alcohol motifs (C(OH)–C–C–N with tert-alkyl or cyclic N) is 1. The number of alkyl halides is 3. The minimum Gasteiger partial charge on any atom is -0.460 e. The Bertz CT molecular complexity index is 1560. The van der Waals surface area contributed by atoms with Crippen molar-refractivity contribution in [3.8, 4) is 11.5 Å². The average molecular weight is 516 g/mol. The lowest BCUT2D eigenvalue weighted by atomic mass is 10.0. The van der Waals surface area contributed by atoms with Crippen molar-refractivity contribution in [2.75, 3.05) is 20.1 Å². The number of furan rings is 1. The minimum absolute atomic E-state index is 0.155. The van der Waals surface area contributed by atoms with E-state index in [0.717, 1.165) is 4.90 Å². The summed E-state index contributed by atoms with van der Waals surface area (Å²) in [7, 11) is 1.53. The molecule has 2 N–H and O–H groups in total. The molecule has 9 nitrogen and oxygen atoms in total. The molecule has 4 heterocycles. The van der Waals surface area contributed by atoms with E-state index in [4.69, 9.17) is 9.15 Å². The largest absolute Gasteiger partial charge is 0.460 e. The number of benzene rings is 1. The van der Waals surface area contributed by atoms with Gasteiger partial charge in [0, 0.05) is 43.7 Å². The SMILES string of the molecule is CNC(=O)c1c(C)oc2cc(Oc3ccnn4cc(C(=O)N5CCC(O)(C(F)(F)F)C5)c(C)c34)ccc12. The monoisotopic (exact) mass is 516 g/mol. The Morgan fingerprint density at radius 3 is 2.68 bits per heavy atom. The van der Waals surface area contributed by atoms with Gasteiger partial charge in [-0.2, -0.15) is 18.3 Å². The Hall–Kier alpha value is -4.06. The van der Waals surface area contributed by atoms with Crippen LogP contribution in [0.3, 0.4) is 0 Å². The van der Waals surface area contributed by atoms with Crippen LogP contribution in [0.5, 0.6) is 11.5 Å². The molecule has 1 aliphatic heterocycles. The molecule has 4 aromatic rings. The van der Waals surface area contributed by atoms with Gasteiger partial charge in [-0.15, -0.1) is 0 Å². The summed E-state index contributed by atoms with van der Waals surface area (Å²) >= 11 is 0. The maximum Gasteiger partial charge on any atom is 0.419 e. The summed E-state index contributed by atoms with van der Waals surface area (Å²) in [5.41, 5.74) is -0.969. The molecule has 0 spiro atoms. The van der Waals surface area contributed by atoms with Gasteiger partial charge in [0.25, 0.3) is 11.8 Å². The Labute approximate surface area is 208 Å². The summed E-state index contributed by atoms with van der Waals surface area (Å²) in [6.07, 6.45) is -2.52. The number of amides is 2. The van der Waals surface area contributed by atoms with Crippen LogP contribution in [-0.2, 0) is 0 Å². The number of nitrogens with one attached hydrogen (secondary N) is 1. The number of carbonyl (C=O) groups is 2. The summed E-state index contributed by atoms with van der Waals surface area (Å²) in [6.45, 7) is 2.28. The van der Waals surface area contributed by atoms with Crippen LogP contribution in [0.15, 0.2) is 41.1 Å². The van der Waals surface area contributed by atoms with Crippen molar-refractivity contribution in [1.29, 1.82) is 0 Å². The zero-order valence-electron chi connectivity index (χ0n) is 20.1. The summed E-state index contributed by atoms with van der Waals surface area (Å²) < 4.78 is 52.9. The maximum atomic E-state index is 13.2. The van der Waals surface area contributed by atoms with E-state index in [0.29, 0.717) is 44.9 Å². The zero-order valence-corrected chi connectivity index (χ0v) is 20.1. The molecule has 0 saturated carbocycles. The maximum absolute atomic E-state index is 13.2. The van der Waals surface area contributed by atoms with Crippen molar-refractivity contribution < 1.29 is 37.0 Å². The number of fused-ring (bicyclic) bond motifs is 2. The van der Waals surface area contributed by atoms with Crippen LogP contribution < -0.4 is 10.1 Å². The number of rotatable bonds is 4. The fourth-order valence-corrected chi connectivity index (χ4v) is 4.69. The molecule has 0 aliphatic carbocycles. The Morgan fingerprint density at radius 2 is 2.00 bits per heavy atom. The van der Waals surface area contributed by atoms with E-state index < -0.39 is 30.7 Å². The number of aliphatic hydroxyl groups is 1. The zero-order chi connectivity index (χ0) is 26.7. The third-order valence-electron chi connectivity index (χ3n) is 6.70. The second kappa shape index (κ2) is 8.51. The van der Waals surface area contributed by atoms with Gasteiger partial charge in [0.2, 0.25) is 0 Å². The van der Waals surface area contributed by atoms with Crippen molar-refractivity contribution in [3.05, 3.63) is 59.1 Å². The highest BCUT2D eigenvalue weighted by Crippen LogP contribution is 2.39. The van der Waals surface area contributed by atoms with Crippen molar-refractivity contribution >= 4 is 28.3 Å². The highest BCUT2D eigenvalue weighted by Gasteiger charge is 2.58. The van der Waals surface area contributed by atoms with Crippen molar-refractivity contribution in [2.24, 2.45) is 0 Å². The number of hydrogen-bond acceptors (Lipinski definition) is 6. The van der Waals surface area contributed by atoms with Gasteiger partial charge < -0.3 is 24.5 Å². The van der Waals surface area contributed by atoms with E-state index in [1.807, 2.05) is 0 Å². The van der Waals surface area contributed by atoms with E-state index >= 15 is 0 Å². The molecule has 2 amide bonds. The van der Waals surface area contributed by atoms with Crippen LogP contribution in [-0.4, -0.2) is 63.3 Å². The van der Waals surface area contributed by atoms with Gasteiger partial charge in [-0.05, 0) is 31.5 Å². The predicted molar refractivity (Wildman–Crippen MR) is 126 cm³/mol. The lowest BCUT2D eigenvalue weighted by Gasteiger charge is -2.25. The second-order valence-corrected chi connectivity index (χ2v) is 9.03. The fraction of sp³-hybridized carbons (Fsp3) is 0.320. The first kappa shape index (κ1) is 24.6. The van der Waals surface area contributed by atoms with Gasteiger partial charge >= 0.3 is 6.18 Å². The number of halogens is 3. The third kappa shape index (κ3) is 3.97. The summed E-state index contributed by atoms with van der Waals surface area (Å²) in [5.74, 6) is 0.314. The van der Waals surface area contributed by atoms with E-state index in [1.165, 1.54) is 24.0 Å².